The first-order valence-corrected chi connectivity index (χ1v) is 7.66. The van der Waals surface area contributed by atoms with Crippen LogP contribution >= 0.6 is 15.9 Å². The van der Waals surface area contributed by atoms with E-state index in [9.17, 15) is 9.59 Å². The smallest absolute Gasteiger partial charge is 0.302 e. The van der Waals surface area contributed by atoms with E-state index >= 15 is 0 Å². The van der Waals surface area contributed by atoms with E-state index < -0.39 is 0 Å². The second kappa shape index (κ2) is 5.92. The first-order valence-electron chi connectivity index (χ1n) is 6.87. The highest BCUT2D eigenvalue weighted by Gasteiger charge is 2.30. The lowest BCUT2D eigenvalue weighted by Crippen LogP contribution is -2.15. The SMILES string of the molecule is Cc1cc(Br)ccc1NC(=O)c1coc(NC(=O)C2CC2)n1. The number of oxazole rings is 1. The van der Waals surface area contributed by atoms with Gasteiger partial charge in [-0.3, -0.25) is 14.9 Å². The highest BCUT2D eigenvalue weighted by atomic mass is 79.9. The van der Waals surface area contributed by atoms with Gasteiger partial charge in [-0.2, -0.15) is 4.98 Å². The number of rotatable bonds is 4. The van der Waals surface area contributed by atoms with Crippen LogP contribution in [0.4, 0.5) is 11.7 Å². The lowest BCUT2D eigenvalue weighted by atomic mass is 10.2. The average molecular weight is 364 g/mol. The highest BCUT2D eigenvalue weighted by Crippen LogP contribution is 2.30. The Bertz CT molecular complexity index is 737. The zero-order valence-corrected chi connectivity index (χ0v) is 13.4. The van der Waals surface area contributed by atoms with E-state index in [0.29, 0.717) is 5.69 Å². The molecule has 0 radical (unpaired) electrons. The van der Waals surface area contributed by atoms with Gasteiger partial charge in [-0.05, 0) is 43.5 Å². The summed E-state index contributed by atoms with van der Waals surface area (Å²) in [6.07, 6.45) is 3.01. The van der Waals surface area contributed by atoms with E-state index in [0.717, 1.165) is 22.9 Å². The van der Waals surface area contributed by atoms with Gasteiger partial charge in [0.2, 0.25) is 5.91 Å². The summed E-state index contributed by atoms with van der Waals surface area (Å²) in [5.41, 5.74) is 1.74. The molecule has 1 aromatic carbocycles. The van der Waals surface area contributed by atoms with Gasteiger partial charge >= 0.3 is 6.01 Å². The van der Waals surface area contributed by atoms with Crippen LogP contribution in [0.2, 0.25) is 0 Å². The number of carbonyl (C=O) groups excluding carboxylic acids is 2. The van der Waals surface area contributed by atoms with Crippen LogP contribution in [0.15, 0.2) is 33.4 Å². The molecule has 0 spiro atoms. The third kappa shape index (κ3) is 3.36. The Kier molecular flexibility index (Phi) is 3.98. The number of aryl methyl sites for hydroxylation is 1. The van der Waals surface area contributed by atoms with Gasteiger partial charge in [0.05, 0.1) is 0 Å². The number of benzene rings is 1. The molecule has 1 heterocycles. The molecule has 2 aromatic rings. The van der Waals surface area contributed by atoms with Crippen LogP contribution in [0.5, 0.6) is 0 Å². The molecule has 22 heavy (non-hydrogen) atoms. The molecule has 2 N–H and O–H groups in total. The fourth-order valence-electron chi connectivity index (χ4n) is 1.94. The summed E-state index contributed by atoms with van der Waals surface area (Å²) in [6.45, 7) is 1.89. The van der Waals surface area contributed by atoms with E-state index in [1.165, 1.54) is 6.26 Å². The molecule has 0 saturated heterocycles. The van der Waals surface area contributed by atoms with Gasteiger partial charge in [0.1, 0.15) is 6.26 Å². The summed E-state index contributed by atoms with van der Waals surface area (Å²) in [5.74, 6) is -0.451. The number of anilines is 2. The molecule has 1 aromatic heterocycles. The van der Waals surface area contributed by atoms with Crippen LogP contribution in [0.1, 0.15) is 28.9 Å². The normalized spacial score (nSPS) is 13.7. The summed E-state index contributed by atoms with van der Waals surface area (Å²) in [6, 6.07) is 5.59. The number of nitrogens with one attached hydrogen (secondary N) is 2. The lowest BCUT2D eigenvalue weighted by molar-refractivity contribution is -0.117. The van der Waals surface area contributed by atoms with Gasteiger partial charge in [-0.1, -0.05) is 15.9 Å². The molecule has 0 aliphatic heterocycles. The van der Waals surface area contributed by atoms with Crippen molar-refractivity contribution >= 4 is 39.4 Å². The van der Waals surface area contributed by atoms with Crippen molar-refractivity contribution in [3.63, 3.8) is 0 Å². The number of hydrogen-bond donors (Lipinski definition) is 2. The van der Waals surface area contributed by atoms with Crippen molar-refractivity contribution in [3.05, 3.63) is 40.2 Å². The third-order valence-electron chi connectivity index (χ3n) is 3.35. The Balaban J connectivity index is 1.67. The standard InChI is InChI=1S/C15H14BrN3O3/c1-8-6-10(16)4-5-11(8)17-14(21)12-7-22-15(18-12)19-13(20)9-2-3-9/h4-7,9H,2-3H2,1H3,(H,17,21)(H,18,19,20). The monoisotopic (exact) mass is 363 g/mol. The van der Waals surface area contributed by atoms with E-state index in [1.54, 1.807) is 6.07 Å². The largest absolute Gasteiger partial charge is 0.431 e. The second-order valence-electron chi connectivity index (χ2n) is 5.21. The Morgan fingerprint density at radius 3 is 2.77 bits per heavy atom. The van der Waals surface area contributed by atoms with Crippen molar-refractivity contribution < 1.29 is 14.0 Å². The topological polar surface area (TPSA) is 84.2 Å². The Morgan fingerprint density at radius 1 is 1.32 bits per heavy atom. The summed E-state index contributed by atoms with van der Waals surface area (Å²) in [4.78, 5) is 27.7. The molecule has 1 fully saturated rings. The zero-order chi connectivity index (χ0) is 15.7. The molecular formula is C15H14BrN3O3. The molecule has 3 rings (SSSR count). The number of aromatic nitrogens is 1. The number of halogens is 1. The van der Waals surface area contributed by atoms with Crippen molar-refractivity contribution in [3.8, 4) is 0 Å². The van der Waals surface area contributed by atoms with E-state index in [2.05, 4.69) is 31.5 Å². The highest BCUT2D eigenvalue weighted by molar-refractivity contribution is 9.10. The van der Waals surface area contributed by atoms with Gasteiger partial charge in [0.15, 0.2) is 5.69 Å². The fourth-order valence-corrected chi connectivity index (χ4v) is 2.42. The molecule has 2 amide bonds. The van der Waals surface area contributed by atoms with E-state index in [1.807, 2.05) is 19.1 Å². The molecule has 114 valence electrons. The van der Waals surface area contributed by atoms with Crippen LogP contribution in [-0.2, 0) is 4.79 Å². The quantitative estimate of drug-likeness (QED) is 0.872. The third-order valence-corrected chi connectivity index (χ3v) is 3.85. The van der Waals surface area contributed by atoms with Gasteiger partial charge < -0.3 is 9.73 Å². The van der Waals surface area contributed by atoms with Crippen molar-refractivity contribution in [2.45, 2.75) is 19.8 Å². The number of carbonyl (C=O) groups is 2. The first kappa shape index (κ1) is 14.8. The first-order chi connectivity index (χ1) is 10.5. The van der Waals surface area contributed by atoms with Gasteiger partial charge in [0, 0.05) is 16.1 Å². The van der Waals surface area contributed by atoms with Gasteiger partial charge in [0.25, 0.3) is 5.91 Å². The van der Waals surface area contributed by atoms with Crippen LogP contribution in [0, 0.1) is 12.8 Å². The van der Waals surface area contributed by atoms with Crippen molar-refractivity contribution in [1.82, 2.24) is 4.98 Å². The average Bonchev–Trinajstić information content (AvgIpc) is 3.22. The summed E-state index contributed by atoms with van der Waals surface area (Å²) < 4.78 is 6.05. The minimum absolute atomic E-state index is 0.0505. The molecule has 0 atom stereocenters. The maximum Gasteiger partial charge on any atom is 0.302 e. The lowest BCUT2D eigenvalue weighted by Gasteiger charge is -2.06. The molecule has 1 aliphatic carbocycles. The molecular weight excluding hydrogens is 350 g/mol. The molecule has 7 heteroatoms. The van der Waals surface area contributed by atoms with Crippen LogP contribution in [0.25, 0.3) is 0 Å². The second-order valence-corrected chi connectivity index (χ2v) is 6.13. The predicted molar refractivity (Wildman–Crippen MR) is 84.7 cm³/mol. The Morgan fingerprint density at radius 2 is 2.09 bits per heavy atom. The summed E-state index contributed by atoms with van der Waals surface area (Å²) >= 11 is 3.37. The molecule has 0 unspecified atom stereocenters. The number of nitrogens with zero attached hydrogens (tertiary/aromatic N) is 1. The van der Waals surface area contributed by atoms with E-state index in [-0.39, 0.29) is 29.4 Å². The van der Waals surface area contributed by atoms with Crippen LogP contribution in [0.3, 0.4) is 0 Å². The molecule has 6 nitrogen and oxygen atoms in total. The van der Waals surface area contributed by atoms with Gasteiger partial charge in [-0.15, -0.1) is 0 Å². The van der Waals surface area contributed by atoms with Crippen molar-refractivity contribution in [1.29, 1.82) is 0 Å². The molecule has 1 aliphatic rings. The fraction of sp³-hybridized carbons (Fsp3) is 0.267. The minimum atomic E-state index is -0.388. The van der Waals surface area contributed by atoms with Crippen LogP contribution < -0.4 is 10.6 Å². The van der Waals surface area contributed by atoms with Crippen molar-refractivity contribution in [2.75, 3.05) is 10.6 Å². The maximum absolute atomic E-state index is 12.1. The Hall–Kier alpha value is -2.15. The Labute approximate surface area is 135 Å². The summed E-state index contributed by atoms with van der Waals surface area (Å²) in [5, 5.41) is 5.32. The number of amides is 2. The molecule has 0 bridgehead atoms. The van der Waals surface area contributed by atoms with Crippen molar-refractivity contribution in [2.24, 2.45) is 5.92 Å². The van der Waals surface area contributed by atoms with E-state index in [4.69, 9.17) is 4.42 Å². The van der Waals surface area contributed by atoms with Crippen LogP contribution in [-0.4, -0.2) is 16.8 Å². The minimum Gasteiger partial charge on any atom is -0.431 e. The molecule has 1 saturated carbocycles. The summed E-state index contributed by atoms with van der Waals surface area (Å²) in [7, 11) is 0. The number of hydrogen-bond acceptors (Lipinski definition) is 4. The predicted octanol–water partition coefficient (Wildman–Crippen LogP) is 3.35. The maximum atomic E-state index is 12.1. The zero-order valence-electron chi connectivity index (χ0n) is 11.9. The van der Waals surface area contributed by atoms with Gasteiger partial charge in [-0.25, -0.2) is 0 Å².